The van der Waals surface area contributed by atoms with Gasteiger partial charge in [-0.2, -0.15) is 0 Å². The zero-order valence-corrected chi connectivity index (χ0v) is 18.6. The molecule has 2 aromatic carbocycles. The molecule has 1 amide bonds. The zero-order valence-electron chi connectivity index (χ0n) is 17.8. The van der Waals surface area contributed by atoms with E-state index in [4.69, 9.17) is 14.3 Å². The predicted molar refractivity (Wildman–Crippen MR) is 114 cm³/mol. The first-order valence-corrected chi connectivity index (χ1v) is 11.3. The molecule has 170 valence electrons. The Bertz CT molecular complexity index is 1260. The molecular formula is C20H23N5O6S. The van der Waals surface area contributed by atoms with Crippen molar-refractivity contribution in [1.29, 1.82) is 0 Å². The highest BCUT2D eigenvalue weighted by molar-refractivity contribution is 7.89. The third kappa shape index (κ3) is 4.32. The summed E-state index contributed by atoms with van der Waals surface area (Å²) in [7, 11) is -0.751. The van der Waals surface area contributed by atoms with Crippen LogP contribution in [-0.2, 0) is 14.8 Å². The van der Waals surface area contributed by atoms with Gasteiger partial charge in [0, 0.05) is 14.1 Å². The van der Waals surface area contributed by atoms with Gasteiger partial charge in [0.2, 0.25) is 10.0 Å². The average molecular weight is 462 g/mol. The SMILES string of the molecule is C[C@H](NC(=O)COn1nnc2ccc(S(=O)(=O)N(C)C)cc21)c1ccc2c(c1)OCCO2. The van der Waals surface area contributed by atoms with Crippen molar-refractivity contribution in [2.75, 3.05) is 33.9 Å². The largest absolute Gasteiger partial charge is 0.486 e. The maximum Gasteiger partial charge on any atom is 0.261 e. The van der Waals surface area contributed by atoms with Crippen LogP contribution in [0.1, 0.15) is 18.5 Å². The summed E-state index contributed by atoms with van der Waals surface area (Å²) in [6, 6.07) is 9.58. The van der Waals surface area contributed by atoms with Crippen molar-refractivity contribution in [3.63, 3.8) is 0 Å². The minimum Gasteiger partial charge on any atom is -0.486 e. The molecule has 0 spiro atoms. The molecule has 1 aliphatic heterocycles. The fourth-order valence-corrected chi connectivity index (χ4v) is 4.08. The molecule has 32 heavy (non-hydrogen) atoms. The predicted octanol–water partition coefficient (Wildman–Crippen LogP) is 0.759. The average Bonchev–Trinajstić information content (AvgIpc) is 3.19. The van der Waals surface area contributed by atoms with Crippen molar-refractivity contribution in [2.24, 2.45) is 0 Å². The number of amides is 1. The molecule has 1 aliphatic rings. The maximum atomic E-state index is 12.4. The van der Waals surface area contributed by atoms with E-state index in [1.165, 1.54) is 32.3 Å². The molecule has 0 bridgehead atoms. The Kier molecular flexibility index (Phi) is 5.89. The molecule has 0 saturated carbocycles. The summed E-state index contributed by atoms with van der Waals surface area (Å²) in [5, 5.41) is 10.6. The van der Waals surface area contributed by atoms with Gasteiger partial charge in [0.25, 0.3) is 5.91 Å². The Hall–Kier alpha value is -3.38. The number of nitrogens with one attached hydrogen (secondary N) is 1. The number of nitrogens with zero attached hydrogens (tertiary/aromatic N) is 4. The van der Waals surface area contributed by atoms with E-state index in [9.17, 15) is 13.2 Å². The van der Waals surface area contributed by atoms with Gasteiger partial charge in [-0.25, -0.2) is 12.7 Å². The van der Waals surface area contributed by atoms with Crippen LogP contribution in [0.15, 0.2) is 41.3 Å². The second-order valence-electron chi connectivity index (χ2n) is 7.37. The van der Waals surface area contributed by atoms with Gasteiger partial charge in [0.15, 0.2) is 18.1 Å². The molecule has 12 heteroatoms. The van der Waals surface area contributed by atoms with Gasteiger partial charge < -0.3 is 19.6 Å². The molecule has 3 aromatic rings. The number of ether oxygens (including phenoxy) is 2. The van der Waals surface area contributed by atoms with E-state index >= 15 is 0 Å². The van der Waals surface area contributed by atoms with Crippen LogP contribution >= 0.6 is 0 Å². The van der Waals surface area contributed by atoms with Gasteiger partial charge in [-0.15, -0.1) is 5.10 Å². The number of carbonyl (C=O) groups is 1. The van der Waals surface area contributed by atoms with Crippen LogP contribution in [0.4, 0.5) is 0 Å². The fraction of sp³-hybridized carbons (Fsp3) is 0.350. The first-order chi connectivity index (χ1) is 15.3. The second-order valence-corrected chi connectivity index (χ2v) is 9.52. The Morgan fingerprint density at radius 1 is 1.19 bits per heavy atom. The van der Waals surface area contributed by atoms with Crippen LogP contribution < -0.4 is 19.6 Å². The third-order valence-corrected chi connectivity index (χ3v) is 6.74. The van der Waals surface area contributed by atoms with E-state index in [-0.39, 0.29) is 23.5 Å². The lowest BCUT2D eigenvalue weighted by Crippen LogP contribution is -2.34. The lowest BCUT2D eigenvalue weighted by molar-refractivity contribution is -0.127. The maximum absolute atomic E-state index is 12.4. The van der Waals surface area contributed by atoms with Crippen LogP contribution in [0.3, 0.4) is 0 Å². The molecule has 0 unspecified atom stereocenters. The second kappa shape index (κ2) is 8.63. The van der Waals surface area contributed by atoms with E-state index in [1.54, 1.807) is 0 Å². The summed E-state index contributed by atoms with van der Waals surface area (Å²) < 4.78 is 36.9. The fourth-order valence-electron chi connectivity index (χ4n) is 3.16. The summed E-state index contributed by atoms with van der Waals surface area (Å²) in [4.78, 5) is 19.0. The monoisotopic (exact) mass is 461 g/mol. The molecule has 1 N–H and O–H groups in total. The first kappa shape index (κ1) is 21.8. The molecule has 0 fully saturated rings. The number of carbonyl (C=O) groups excluding carboxylic acids is 1. The number of fused-ring (bicyclic) bond motifs is 2. The zero-order chi connectivity index (χ0) is 22.9. The third-order valence-electron chi connectivity index (χ3n) is 4.93. The summed E-state index contributed by atoms with van der Waals surface area (Å²) >= 11 is 0. The molecule has 0 saturated heterocycles. The lowest BCUT2D eigenvalue weighted by atomic mass is 10.1. The molecule has 0 aliphatic carbocycles. The minimum atomic E-state index is -3.64. The van der Waals surface area contributed by atoms with Crippen molar-refractivity contribution in [3.8, 4) is 11.5 Å². The van der Waals surface area contributed by atoms with E-state index < -0.39 is 10.0 Å². The van der Waals surface area contributed by atoms with E-state index in [0.717, 1.165) is 14.7 Å². The number of aromatic nitrogens is 3. The highest BCUT2D eigenvalue weighted by Gasteiger charge is 2.20. The summed E-state index contributed by atoms with van der Waals surface area (Å²) in [6.45, 7) is 2.49. The van der Waals surface area contributed by atoms with E-state index in [2.05, 4.69) is 15.6 Å². The topological polar surface area (TPSA) is 125 Å². The molecule has 4 rings (SSSR count). The van der Waals surface area contributed by atoms with Crippen molar-refractivity contribution in [1.82, 2.24) is 24.8 Å². The first-order valence-electron chi connectivity index (χ1n) is 9.86. The van der Waals surface area contributed by atoms with Gasteiger partial charge in [-0.05, 0) is 48.0 Å². The number of hydrogen-bond donors (Lipinski definition) is 1. The summed E-state index contributed by atoms with van der Waals surface area (Å²) in [5.74, 6) is 0.937. The summed E-state index contributed by atoms with van der Waals surface area (Å²) in [6.07, 6.45) is 0. The number of benzene rings is 2. The van der Waals surface area contributed by atoms with E-state index in [1.807, 2.05) is 25.1 Å². The molecule has 1 atom stereocenters. The normalized spacial score (nSPS) is 14.4. The Morgan fingerprint density at radius 3 is 2.69 bits per heavy atom. The summed E-state index contributed by atoms with van der Waals surface area (Å²) in [5.41, 5.74) is 1.63. The van der Waals surface area contributed by atoms with Crippen molar-refractivity contribution in [3.05, 3.63) is 42.0 Å². The number of rotatable bonds is 7. The molecule has 11 nitrogen and oxygen atoms in total. The highest BCUT2D eigenvalue weighted by atomic mass is 32.2. The number of sulfonamides is 1. The number of hydrogen-bond acceptors (Lipinski definition) is 8. The van der Waals surface area contributed by atoms with Gasteiger partial charge in [-0.3, -0.25) is 4.79 Å². The van der Waals surface area contributed by atoms with Crippen LogP contribution in [0.5, 0.6) is 11.5 Å². The minimum absolute atomic E-state index is 0.0684. The molecular weight excluding hydrogens is 438 g/mol. The van der Waals surface area contributed by atoms with Crippen LogP contribution in [0.2, 0.25) is 0 Å². The van der Waals surface area contributed by atoms with Crippen LogP contribution in [-0.4, -0.2) is 67.7 Å². The smallest absolute Gasteiger partial charge is 0.261 e. The molecule has 0 radical (unpaired) electrons. The Balaban J connectivity index is 1.42. The van der Waals surface area contributed by atoms with E-state index in [0.29, 0.717) is 35.7 Å². The van der Waals surface area contributed by atoms with Gasteiger partial charge >= 0.3 is 0 Å². The van der Waals surface area contributed by atoms with Crippen LogP contribution in [0.25, 0.3) is 11.0 Å². The van der Waals surface area contributed by atoms with Gasteiger partial charge in [0.05, 0.1) is 10.9 Å². The van der Waals surface area contributed by atoms with Crippen molar-refractivity contribution in [2.45, 2.75) is 17.9 Å². The highest BCUT2D eigenvalue weighted by Crippen LogP contribution is 2.32. The lowest BCUT2D eigenvalue weighted by Gasteiger charge is -2.21. The quantitative estimate of drug-likeness (QED) is 0.547. The Morgan fingerprint density at radius 2 is 1.94 bits per heavy atom. The van der Waals surface area contributed by atoms with Gasteiger partial charge in [-0.1, -0.05) is 10.9 Å². The van der Waals surface area contributed by atoms with Gasteiger partial charge in [0.1, 0.15) is 24.2 Å². The van der Waals surface area contributed by atoms with Crippen molar-refractivity contribution >= 4 is 27.0 Å². The standard InChI is InChI=1S/C20H23N5O6S/c1-13(14-4-7-18-19(10-14)30-9-8-29-18)21-20(26)12-31-25-17-11-15(32(27,28)24(2)3)5-6-16(17)22-23-25/h4-7,10-11,13H,8-9,12H2,1-3H3,(H,21,26)/t13-/m0/s1. The molecule has 2 heterocycles. The van der Waals surface area contributed by atoms with Crippen LogP contribution in [0, 0.1) is 0 Å². The Labute approximate surface area is 184 Å². The molecule has 1 aromatic heterocycles. The van der Waals surface area contributed by atoms with Crippen molar-refractivity contribution < 1.29 is 27.5 Å².